The number of sulfonamides is 1. The lowest BCUT2D eigenvalue weighted by Crippen LogP contribution is -2.54. The van der Waals surface area contributed by atoms with Crippen molar-refractivity contribution in [1.82, 2.24) is 34.7 Å². The number of ether oxygens (including phenoxy) is 1. The fourth-order valence-electron chi connectivity index (χ4n) is 12.4. The average molecular weight is 1240 g/mol. The number of hydrogen-bond acceptors (Lipinski definition) is 16. The van der Waals surface area contributed by atoms with E-state index in [9.17, 15) is 42.5 Å². The third-order valence-electron chi connectivity index (χ3n) is 17.4. The van der Waals surface area contributed by atoms with E-state index in [0.717, 1.165) is 130 Å². The van der Waals surface area contributed by atoms with E-state index in [4.69, 9.17) is 16.3 Å². The van der Waals surface area contributed by atoms with Gasteiger partial charge in [-0.15, -0.1) is 11.8 Å². The maximum atomic E-state index is 14.2. The molecule has 5 aliphatic rings. The molecule has 3 saturated heterocycles. The number of carbonyl (C=O) groups excluding carboxylic acids is 5. The third-order valence-corrected chi connectivity index (χ3v) is 20.1. The number of halogens is 1. The zero-order chi connectivity index (χ0) is 61.0. The number of unbranched alkanes of at least 4 members (excludes halogenated alkanes) is 3. The Bertz CT molecular complexity index is 3780. The van der Waals surface area contributed by atoms with Crippen LogP contribution in [0.3, 0.4) is 0 Å². The number of carbonyl (C=O) groups is 5. The first-order valence-corrected chi connectivity index (χ1v) is 32.7. The first-order valence-electron chi connectivity index (χ1n) is 29.8. The Hall–Kier alpha value is -7.63. The molecule has 0 spiro atoms. The highest BCUT2D eigenvalue weighted by molar-refractivity contribution is 7.99. The Morgan fingerprint density at radius 3 is 2.43 bits per heavy atom. The van der Waals surface area contributed by atoms with Crippen LogP contribution in [0.4, 0.5) is 17.1 Å². The van der Waals surface area contributed by atoms with Gasteiger partial charge in [0, 0.05) is 85.0 Å². The van der Waals surface area contributed by atoms with Crippen molar-refractivity contribution < 1.29 is 42.1 Å². The molecule has 20 nitrogen and oxygen atoms in total. The molecule has 4 aromatic carbocycles. The fourth-order valence-corrected chi connectivity index (χ4v) is 14.6. The Balaban J connectivity index is 0.659. The molecule has 87 heavy (non-hydrogen) atoms. The lowest BCUT2D eigenvalue weighted by molar-refractivity contribution is -0.384. The number of aromatic nitrogens is 2. The van der Waals surface area contributed by atoms with Crippen LogP contribution < -0.4 is 25.0 Å². The molecule has 11 rings (SSSR count). The number of benzene rings is 4. The fraction of sp³-hybridized carbons (Fsp3) is 0.406. The molecule has 0 saturated carbocycles. The Morgan fingerprint density at radius 2 is 1.66 bits per heavy atom. The monoisotopic (exact) mass is 1240 g/mol. The summed E-state index contributed by atoms with van der Waals surface area (Å²) in [4.78, 5) is 92.8. The molecular weight excluding hydrogens is 1170 g/mol. The normalized spacial score (nSPS) is 18.7. The van der Waals surface area contributed by atoms with E-state index in [-0.39, 0.29) is 46.7 Å². The molecule has 0 bridgehead atoms. The van der Waals surface area contributed by atoms with Crippen LogP contribution in [0, 0.1) is 21.4 Å². The van der Waals surface area contributed by atoms with E-state index in [1.807, 2.05) is 24.3 Å². The van der Waals surface area contributed by atoms with Crippen LogP contribution in [0.15, 0.2) is 119 Å². The van der Waals surface area contributed by atoms with Crippen LogP contribution >= 0.6 is 23.4 Å². The maximum absolute atomic E-state index is 14.2. The van der Waals surface area contributed by atoms with Crippen molar-refractivity contribution in [2.24, 2.45) is 11.3 Å². The van der Waals surface area contributed by atoms with Gasteiger partial charge < -0.3 is 24.8 Å². The number of likely N-dealkylation sites (tertiary alicyclic amines) is 1. The third kappa shape index (κ3) is 14.2. The second kappa shape index (κ2) is 26.4. The summed E-state index contributed by atoms with van der Waals surface area (Å²) in [6.07, 6.45) is 12.3. The molecule has 4 aliphatic heterocycles. The molecule has 6 aromatic rings. The average Bonchev–Trinajstić information content (AvgIpc) is 1.82. The van der Waals surface area contributed by atoms with Crippen LogP contribution in [-0.4, -0.2) is 138 Å². The van der Waals surface area contributed by atoms with Crippen molar-refractivity contribution in [1.29, 1.82) is 0 Å². The second-order valence-corrected chi connectivity index (χ2v) is 27.2. The van der Waals surface area contributed by atoms with Gasteiger partial charge in [0.05, 0.1) is 32.7 Å². The van der Waals surface area contributed by atoms with Crippen molar-refractivity contribution >= 4 is 96.6 Å². The lowest BCUT2D eigenvalue weighted by Gasteiger charge is -2.39. The number of nitrogens with zero attached hydrogens (tertiary/aromatic N) is 6. The summed E-state index contributed by atoms with van der Waals surface area (Å²) in [5, 5.41) is 19.4. The summed E-state index contributed by atoms with van der Waals surface area (Å²) in [6.45, 7) is 11.7. The largest absolute Gasteiger partial charge is 0.455 e. The number of thioether (sulfide) groups is 1. The number of piperidine rings is 2. The molecule has 5 amide bonds. The number of amides is 5. The van der Waals surface area contributed by atoms with Gasteiger partial charge in [-0.3, -0.25) is 49.2 Å². The van der Waals surface area contributed by atoms with E-state index in [1.165, 1.54) is 46.8 Å². The number of aromatic amines is 1. The molecule has 6 heterocycles. The molecule has 1 atom stereocenters. The van der Waals surface area contributed by atoms with E-state index < -0.39 is 61.1 Å². The zero-order valence-electron chi connectivity index (χ0n) is 48.8. The van der Waals surface area contributed by atoms with Crippen LogP contribution in [0.1, 0.15) is 121 Å². The number of allylic oxidation sites excluding steroid dienone is 1. The highest BCUT2D eigenvalue weighted by Gasteiger charge is 2.46. The quantitative estimate of drug-likeness (QED) is 0.0162. The van der Waals surface area contributed by atoms with E-state index in [0.29, 0.717) is 41.5 Å². The number of imide groups is 2. The van der Waals surface area contributed by atoms with Crippen molar-refractivity contribution in [3.05, 3.63) is 146 Å². The number of fused-ring (bicyclic) bond motifs is 2. The summed E-state index contributed by atoms with van der Waals surface area (Å²) >= 11 is 7.79. The summed E-state index contributed by atoms with van der Waals surface area (Å²) in [6, 6.07) is 24.6. The van der Waals surface area contributed by atoms with Crippen LogP contribution in [-0.2, 0) is 19.6 Å². The van der Waals surface area contributed by atoms with Gasteiger partial charge in [-0.2, -0.15) is 0 Å². The Kier molecular flexibility index (Phi) is 18.5. The Labute approximate surface area is 515 Å². The van der Waals surface area contributed by atoms with Crippen molar-refractivity contribution in [2.45, 2.75) is 100 Å². The first kappa shape index (κ1) is 61.0. The van der Waals surface area contributed by atoms with E-state index in [2.05, 4.69) is 66.0 Å². The van der Waals surface area contributed by atoms with Gasteiger partial charge in [-0.25, -0.2) is 18.1 Å². The minimum absolute atomic E-state index is 0.0568. The highest BCUT2D eigenvalue weighted by atomic mass is 35.5. The summed E-state index contributed by atoms with van der Waals surface area (Å²) in [5.41, 5.74) is 6.00. The van der Waals surface area contributed by atoms with Gasteiger partial charge in [0.2, 0.25) is 11.8 Å². The SMILES string of the molecule is CC1(C)CCC(CN2CCN(c3ccc(C(=O)NS(=O)(=O)c4ccc(NCC5CCN(CCCCCCSc6cccc7c6C(=O)N(C6CCC(=O)NC6=O)C7=O)CC5)c([N+](=O)[O-])c4)c(Oc4cnc5[nH]ccc5c4)c3)CC2)=C(c2ccc(Cl)cc2)C1. The number of nitro groups is 1. The Morgan fingerprint density at radius 1 is 0.874 bits per heavy atom. The molecule has 1 aliphatic carbocycles. The highest BCUT2D eigenvalue weighted by Crippen LogP contribution is 2.44. The van der Waals surface area contributed by atoms with Crippen LogP contribution in [0.5, 0.6) is 11.5 Å². The van der Waals surface area contributed by atoms with Gasteiger partial charge in [0.1, 0.15) is 28.9 Å². The number of nitro benzene ring substituents is 1. The standard InChI is InChI=1S/C64H71ClN10O10S2/c1-64(2)24-20-44(51(37-64)42-10-12-45(65)13-11-42)40-72-29-31-73(32-30-72)46-14-16-49(55(35-46)85-47-34-43-21-25-66-59(43)68-39-47)60(77)70-87(83,84)48-15-17-52(54(36-48)75(81)82)67-38-41-22-27-71(28-23-41)26-5-3-4-6-33-86-56-9-7-8-50-58(56)63(80)74(62(50)79)53-18-19-57(76)69-61(53)78/h7-17,21,25,34-36,39,41,53,67H,3-6,18-20,22-24,26-33,37-38,40H2,1-2H3,(H,66,68)(H,70,77)(H,69,76,78). The maximum Gasteiger partial charge on any atom is 0.293 e. The molecule has 3 fully saturated rings. The molecule has 1 unspecified atom stereocenters. The topological polar surface area (TPSA) is 250 Å². The van der Waals surface area contributed by atoms with Gasteiger partial charge in [0.25, 0.3) is 33.4 Å². The number of rotatable bonds is 22. The zero-order valence-corrected chi connectivity index (χ0v) is 51.2. The van der Waals surface area contributed by atoms with Crippen molar-refractivity contribution in [3.8, 4) is 11.5 Å². The molecule has 23 heteroatoms. The van der Waals surface area contributed by atoms with E-state index in [1.54, 1.807) is 42.6 Å². The second-order valence-electron chi connectivity index (χ2n) is 24.0. The predicted octanol–water partition coefficient (Wildman–Crippen LogP) is 10.7. The van der Waals surface area contributed by atoms with E-state index >= 15 is 0 Å². The number of nitrogens with one attached hydrogen (secondary N) is 4. The lowest BCUT2D eigenvalue weighted by atomic mass is 9.72. The summed E-state index contributed by atoms with van der Waals surface area (Å²) in [7, 11) is -4.63. The van der Waals surface area contributed by atoms with Crippen LogP contribution in [0.2, 0.25) is 5.02 Å². The minimum Gasteiger partial charge on any atom is -0.455 e. The van der Waals surface area contributed by atoms with Crippen molar-refractivity contribution in [2.75, 3.05) is 74.9 Å². The van der Waals surface area contributed by atoms with Gasteiger partial charge >= 0.3 is 0 Å². The number of piperazine rings is 1. The number of anilines is 2. The molecule has 4 N–H and O–H groups in total. The summed E-state index contributed by atoms with van der Waals surface area (Å²) < 4.78 is 36.5. The number of H-pyrrole nitrogens is 1. The van der Waals surface area contributed by atoms with Gasteiger partial charge in [-0.1, -0.05) is 62.1 Å². The van der Waals surface area contributed by atoms with Crippen LogP contribution in [0.25, 0.3) is 16.6 Å². The number of hydrogen-bond donors (Lipinski definition) is 4. The minimum atomic E-state index is -4.63. The first-order chi connectivity index (χ1) is 41.9. The molecular formula is C64H71ClN10O10S2. The number of pyridine rings is 1. The smallest absolute Gasteiger partial charge is 0.293 e. The summed E-state index contributed by atoms with van der Waals surface area (Å²) in [5.74, 6) is -1.60. The predicted molar refractivity (Wildman–Crippen MR) is 335 cm³/mol. The van der Waals surface area contributed by atoms with Crippen molar-refractivity contribution in [3.63, 3.8) is 0 Å². The molecule has 456 valence electrons. The van der Waals surface area contributed by atoms with Gasteiger partial charge in [0.15, 0.2) is 0 Å². The molecule has 0 radical (unpaired) electrons. The molecule has 2 aromatic heterocycles. The van der Waals surface area contributed by atoms with Gasteiger partial charge in [-0.05, 0) is 160 Å².